The SMILES string of the molecule is O=S(=O)(OC(F)C(F)(F)OC(F)(F)C(F)(F)OC(F)(F)C(F)(F)C(F)(F)C(F)(F)F)C(F)(F)F. The zero-order chi connectivity index (χ0) is 28.2. The Balaban J connectivity index is 6.01. The maximum atomic E-state index is 13.0. The Labute approximate surface area is 171 Å². The topological polar surface area (TPSA) is 61.8 Å². The Morgan fingerprint density at radius 3 is 1.21 bits per heavy atom. The van der Waals surface area contributed by atoms with Gasteiger partial charge in [-0.25, -0.2) is 18.0 Å². The zero-order valence-electron chi connectivity index (χ0n) is 14.2. The van der Waals surface area contributed by atoms with Gasteiger partial charge in [0.15, 0.2) is 0 Å². The Hall–Kier alpha value is -1.50. The van der Waals surface area contributed by atoms with Crippen LogP contribution in [0.4, 0.5) is 83.4 Å². The molecule has 0 amide bonds. The highest BCUT2D eigenvalue weighted by Crippen LogP contribution is 2.56. The van der Waals surface area contributed by atoms with Crippen LogP contribution < -0.4 is 0 Å². The highest BCUT2D eigenvalue weighted by atomic mass is 32.2. The van der Waals surface area contributed by atoms with Crippen molar-refractivity contribution in [2.45, 2.75) is 54.3 Å². The van der Waals surface area contributed by atoms with Crippen LogP contribution in [0.5, 0.6) is 0 Å². The highest BCUT2D eigenvalue weighted by Gasteiger charge is 2.85. The third-order valence-corrected chi connectivity index (χ3v) is 3.72. The fourth-order valence-electron chi connectivity index (χ4n) is 1.14. The molecule has 1 unspecified atom stereocenters. The quantitative estimate of drug-likeness (QED) is 0.197. The van der Waals surface area contributed by atoms with Crippen LogP contribution in [0, 0.1) is 0 Å². The molecule has 0 radical (unpaired) electrons. The lowest BCUT2D eigenvalue weighted by molar-refractivity contribution is -0.547. The first kappa shape index (κ1) is 32.5. The minimum absolute atomic E-state index is 1.15. The molecule has 206 valence electrons. The van der Waals surface area contributed by atoms with Gasteiger partial charge in [0.05, 0.1) is 0 Å². The fraction of sp³-hybridized carbons (Fsp3) is 1.00. The second-order valence-electron chi connectivity index (χ2n) is 5.27. The predicted molar refractivity (Wildman–Crippen MR) is 58.9 cm³/mol. The first-order valence-corrected chi connectivity index (χ1v) is 8.07. The predicted octanol–water partition coefficient (Wildman–Crippen LogP) is 5.39. The average molecular weight is 582 g/mol. The van der Waals surface area contributed by atoms with Crippen LogP contribution in [-0.4, -0.2) is 62.7 Å². The van der Waals surface area contributed by atoms with Crippen molar-refractivity contribution < 1.29 is 105 Å². The molecule has 0 bridgehead atoms. The summed E-state index contributed by atoms with van der Waals surface area (Å²) >= 11 is 0. The molecule has 0 aliphatic rings. The van der Waals surface area contributed by atoms with Gasteiger partial charge in [0, 0.05) is 0 Å². The monoisotopic (exact) mass is 582 g/mol. The smallest absolute Gasteiger partial charge is 0.244 e. The van der Waals surface area contributed by atoms with E-state index in [1.807, 2.05) is 4.18 Å². The lowest BCUT2D eigenvalue weighted by Gasteiger charge is -2.36. The molecule has 0 aliphatic carbocycles. The molecule has 0 rings (SSSR count). The van der Waals surface area contributed by atoms with E-state index in [1.165, 1.54) is 4.74 Å². The molecule has 1 atom stereocenters. The fourth-order valence-corrected chi connectivity index (χ4v) is 1.59. The molecule has 0 aromatic rings. The standard InChI is InChI=1S/C9HF19O5S/c10-1(31-34(29,30)9(26,27)28)2(11,12)32-7(22,23)8(24,25)33-6(20,21)4(15,16)3(13,14)5(17,18)19/h1H. The minimum atomic E-state index is -8.17. The van der Waals surface area contributed by atoms with Crippen LogP contribution in [0.2, 0.25) is 0 Å². The maximum absolute atomic E-state index is 13.0. The molecular formula is C9HF19O5S. The van der Waals surface area contributed by atoms with Gasteiger partial charge >= 0.3 is 64.4 Å². The third-order valence-electron chi connectivity index (χ3n) is 2.73. The maximum Gasteiger partial charge on any atom is 0.523 e. The lowest BCUT2D eigenvalue weighted by Crippen LogP contribution is -2.64. The molecular weight excluding hydrogens is 581 g/mol. The van der Waals surface area contributed by atoms with Crippen LogP contribution in [0.25, 0.3) is 0 Å². The van der Waals surface area contributed by atoms with Gasteiger partial charge < -0.3 is 0 Å². The van der Waals surface area contributed by atoms with Crippen LogP contribution in [0.15, 0.2) is 0 Å². The number of hydrogen-bond acceptors (Lipinski definition) is 5. The van der Waals surface area contributed by atoms with Gasteiger partial charge in [-0.2, -0.15) is 87.4 Å². The molecule has 0 saturated carbocycles. The van der Waals surface area contributed by atoms with E-state index < -0.39 is 64.4 Å². The Bertz CT molecular complexity index is 826. The summed E-state index contributed by atoms with van der Waals surface area (Å²) < 4.78 is 263. The Kier molecular flexibility index (Phi) is 8.18. The van der Waals surface area contributed by atoms with E-state index >= 15 is 0 Å². The van der Waals surface area contributed by atoms with Gasteiger partial charge in [-0.1, -0.05) is 0 Å². The number of rotatable bonds is 10. The van der Waals surface area contributed by atoms with E-state index in [4.69, 9.17) is 0 Å². The lowest BCUT2D eigenvalue weighted by atomic mass is 10.1. The normalized spacial score (nSPS) is 17.1. The van der Waals surface area contributed by atoms with Gasteiger partial charge in [0.1, 0.15) is 0 Å². The summed E-state index contributed by atoms with van der Waals surface area (Å²) in [5, 5.41) is 0. The van der Waals surface area contributed by atoms with E-state index in [1.54, 1.807) is 0 Å². The molecule has 0 saturated heterocycles. The highest BCUT2D eigenvalue weighted by molar-refractivity contribution is 7.87. The summed E-state index contributed by atoms with van der Waals surface area (Å²) in [7, 11) is -7.46. The first-order valence-electron chi connectivity index (χ1n) is 6.66. The largest absolute Gasteiger partial charge is 0.523 e. The molecule has 0 N–H and O–H groups in total. The first-order chi connectivity index (χ1) is 14.3. The molecule has 0 fully saturated rings. The van der Waals surface area contributed by atoms with Gasteiger partial charge in [0.2, 0.25) is 0 Å². The number of ether oxygens (including phenoxy) is 2. The van der Waals surface area contributed by atoms with Gasteiger partial charge in [0.25, 0.3) is 0 Å². The van der Waals surface area contributed by atoms with Crippen molar-refractivity contribution in [1.82, 2.24) is 0 Å². The van der Waals surface area contributed by atoms with E-state index in [9.17, 15) is 91.8 Å². The van der Waals surface area contributed by atoms with Crippen molar-refractivity contribution in [2.75, 3.05) is 0 Å². The minimum Gasteiger partial charge on any atom is -0.244 e. The van der Waals surface area contributed by atoms with Crippen molar-refractivity contribution in [1.29, 1.82) is 0 Å². The Morgan fingerprint density at radius 2 is 0.882 bits per heavy atom. The van der Waals surface area contributed by atoms with Crippen molar-refractivity contribution in [3.05, 3.63) is 0 Å². The summed E-state index contributed by atoms with van der Waals surface area (Å²) in [5.74, 6) is -16.2. The van der Waals surface area contributed by atoms with E-state index in [2.05, 4.69) is 0 Å². The molecule has 25 heteroatoms. The van der Waals surface area contributed by atoms with Gasteiger partial charge in [-0.15, -0.1) is 0 Å². The Morgan fingerprint density at radius 1 is 0.529 bits per heavy atom. The summed E-state index contributed by atoms with van der Waals surface area (Å²) in [6.45, 7) is 0. The summed E-state index contributed by atoms with van der Waals surface area (Å²) in [6.07, 6.45) is -43.9. The molecule has 5 nitrogen and oxygen atoms in total. The van der Waals surface area contributed by atoms with E-state index in [-0.39, 0.29) is 0 Å². The molecule has 0 aromatic carbocycles. The van der Waals surface area contributed by atoms with Crippen LogP contribution >= 0.6 is 0 Å². The summed E-state index contributed by atoms with van der Waals surface area (Å²) in [4.78, 5) is 0. The summed E-state index contributed by atoms with van der Waals surface area (Å²) in [6, 6.07) is 0. The van der Waals surface area contributed by atoms with Crippen molar-refractivity contribution in [3.63, 3.8) is 0 Å². The average Bonchev–Trinajstić information content (AvgIpc) is 2.49. The van der Waals surface area contributed by atoms with Crippen LogP contribution in [0.3, 0.4) is 0 Å². The zero-order valence-corrected chi connectivity index (χ0v) is 15.0. The number of alkyl halides is 19. The second kappa shape index (κ2) is 8.56. The molecule has 34 heavy (non-hydrogen) atoms. The van der Waals surface area contributed by atoms with Crippen LogP contribution in [0.1, 0.15) is 0 Å². The van der Waals surface area contributed by atoms with Crippen molar-refractivity contribution >= 4 is 10.1 Å². The number of hydrogen-bond donors (Lipinski definition) is 0. The van der Waals surface area contributed by atoms with Crippen molar-refractivity contribution in [3.8, 4) is 0 Å². The van der Waals surface area contributed by atoms with Gasteiger partial charge in [-0.05, 0) is 0 Å². The number of halogens is 19. The molecule has 0 aliphatic heterocycles. The summed E-state index contributed by atoms with van der Waals surface area (Å²) in [5.41, 5.74) is -6.76. The van der Waals surface area contributed by atoms with E-state index in [0.29, 0.717) is 0 Å². The van der Waals surface area contributed by atoms with Crippen molar-refractivity contribution in [2.24, 2.45) is 0 Å². The third kappa shape index (κ3) is 6.00. The van der Waals surface area contributed by atoms with Gasteiger partial charge in [-0.3, -0.25) is 0 Å². The second-order valence-corrected chi connectivity index (χ2v) is 6.84. The van der Waals surface area contributed by atoms with Crippen LogP contribution in [-0.2, 0) is 23.8 Å². The molecule has 0 heterocycles. The molecule has 0 spiro atoms. The van der Waals surface area contributed by atoms with E-state index in [0.717, 1.165) is 4.74 Å². The molecule has 0 aromatic heterocycles.